The van der Waals surface area contributed by atoms with Crippen LogP contribution in [0.25, 0.3) is 0 Å². The smallest absolute Gasteiger partial charge is 0.131 e. The highest BCUT2D eigenvalue weighted by atomic mass is 127. The zero-order valence-electron chi connectivity index (χ0n) is 16.6. The predicted octanol–water partition coefficient (Wildman–Crippen LogP) is 2.49. The number of aryl methyl sites for hydroxylation is 1. The van der Waals surface area contributed by atoms with E-state index in [-0.39, 0.29) is 5.60 Å². The maximum Gasteiger partial charge on any atom is 0.131 e. The van der Waals surface area contributed by atoms with Gasteiger partial charge in [-0.3, -0.25) is 4.90 Å². The number of likely N-dealkylation sites (tertiary alicyclic amines) is 1. The van der Waals surface area contributed by atoms with Crippen molar-refractivity contribution in [2.45, 2.75) is 60.9 Å². The Morgan fingerprint density at radius 1 is 1.41 bits per heavy atom. The number of nitrogens with zero attached hydrogens (tertiary/aromatic N) is 4. The first-order valence-corrected chi connectivity index (χ1v) is 12.4. The number of aromatic nitrogens is 3. The molecule has 0 aliphatic carbocycles. The van der Waals surface area contributed by atoms with Crippen LogP contribution in [0, 0.1) is 0 Å². The number of aliphatic hydroxyl groups is 1. The molecule has 2 saturated heterocycles. The first kappa shape index (κ1) is 20.3. The Labute approximate surface area is 188 Å². The number of piperidine rings is 1. The third kappa shape index (κ3) is 3.89. The molecule has 0 unspecified atom stereocenters. The first-order chi connectivity index (χ1) is 14.0. The van der Waals surface area contributed by atoms with Gasteiger partial charge in [0, 0.05) is 41.9 Å². The Hall–Kier alpha value is -0.590. The zero-order chi connectivity index (χ0) is 20.1. The molecule has 0 aromatic carbocycles. The molecule has 2 atom stereocenters. The second-order valence-corrected chi connectivity index (χ2v) is 11.1. The number of ether oxygens (including phenoxy) is 2. The Kier molecular flexibility index (Phi) is 5.49. The van der Waals surface area contributed by atoms with E-state index in [2.05, 4.69) is 50.8 Å². The third-order valence-electron chi connectivity index (χ3n) is 6.25. The molecule has 0 bridgehead atoms. The van der Waals surface area contributed by atoms with Crippen molar-refractivity contribution in [2.24, 2.45) is 0 Å². The molecule has 158 valence electrons. The van der Waals surface area contributed by atoms with Gasteiger partial charge in [0.1, 0.15) is 5.60 Å². The summed E-state index contributed by atoms with van der Waals surface area (Å²) in [4.78, 5) is 5.47. The minimum atomic E-state index is -0.790. The van der Waals surface area contributed by atoms with Gasteiger partial charge in [-0.25, -0.2) is 4.68 Å². The molecule has 5 rings (SSSR count). The van der Waals surface area contributed by atoms with Gasteiger partial charge in [0.15, 0.2) is 0 Å². The average Bonchev–Trinajstić information content (AvgIpc) is 3.30. The molecule has 1 spiro atoms. The molecule has 0 amide bonds. The first-order valence-electron chi connectivity index (χ1n) is 10.3. The van der Waals surface area contributed by atoms with Crippen molar-refractivity contribution in [1.29, 1.82) is 0 Å². The third-order valence-corrected chi connectivity index (χ3v) is 8.82. The van der Waals surface area contributed by atoms with E-state index < -0.39 is 5.60 Å². The van der Waals surface area contributed by atoms with E-state index in [1.807, 2.05) is 17.5 Å². The average molecular weight is 530 g/mol. The van der Waals surface area contributed by atoms with Gasteiger partial charge >= 0.3 is 0 Å². The van der Waals surface area contributed by atoms with Gasteiger partial charge in [0.2, 0.25) is 0 Å². The molecule has 7 nitrogen and oxygen atoms in total. The molecule has 0 radical (unpaired) electrons. The molecule has 2 aromatic rings. The van der Waals surface area contributed by atoms with Crippen molar-refractivity contribution in [3.05, 3.63) is 33.3 Å². The van der Waals surface area contributed by atoms with Crippen molar-refractivity contribution in [3.63, 3.8) is 0 Å². The molecule has 3 aliphatic heterocycles. The molecule has 2 aromatic heterocycles. The Balaban J connectivity index is 1.26. The van der Waals surface area contributed by atoms with Crippen LogP contribution in [0.4, 0.5) is 0 Å². The number of alkyl halides is 1. The van der Waals surface area contributed by atoms with Gasteiger partial charge in [-0.1, -0.05) is 34.7 Å². The number of thiophene rings is 1. The van der Waals surface area contributed by atoms with E-state index >= 15 is 0 Å². The second kappa shape index (κ2) is 7.83. The number of hydrogen-bond acceptors (Lipinski definition) is 7. The number of rotatable bonds is 5. The fraction of sp³-hybridized carbons (Fsp3) is 0.700. The molecule has 29 heavy (non-hydrogen) atoms. The normalized spacial score (nSPS) is 29.0. The SMILES string of the molecule is CCc1cc2c(s1)CCO[C@@]21CCN(Cc2cn(CC3(O)COC3)nn2)[C@@H](I)C1. The van der Waals surface area contributed by atoms with Crippen LogP contribution in [0.2, 0.25) is 0 Å². The van der Waals surface area contributed by atoms with Crippen LogP contribution in [-0.2, 0) is 41.0 Å². The standard InChI is InChI=1S/C20H27IN4O3S/c1-2-15-7-16-17(29-15)3-6-28-20(16)4-5-24(18(21)8-20)9-14-10-25(23-22-14)11-19(26)12-27-13-19/h7,10,18,26H,2-6,8-9,11-13H2,1H3/t18-,20-/m1/s1. The van der Waals surface area contributed by atoms with Crippen molar-refractivity contribution >= 4 is 33.9 Å². The minimum absolute atomic E-state index is 0.120. The predicted molar refractivity (Wildman–Crippen MR) is 118 cm³/mol. The lowest BCUT2D eigenvalue weighted by atomic mass is 9.82. The number of hydrogen-bond donors (Lipinski definition) is 1. The van der Waals surface area contributed by atoms with Crippen LogP contribution in [0.1, 0.15) is 40.8 Å². The highest BCUT2D eigenvalue weighted by Crippen LogP contribution is 2.47. The van der Waals surface area contributed by atoms with Crippen molar-refractivity contribution in [1.82, 2.24) is 19.9 Å². The summed E-state index contributed by atoms with van der Waals surface area (Å²) in [6.07, 6.45) is 6.13. The lowest BCUT2D eigenvalue weighted by Crippen LogP contribution is -2.52. The summed E-state index contributed by atoms with van der Waals surface area (Å²) >= 11 is 4.53. The van der Waals surface area contributed by atoms with E-state index in [4.69, 9.17) is 9.47 Å². The summed E-state index contributed by atoms with van der Waals surface area (Å²) < 4.78 is 13.7. The van der Waals surface area contributed by atoms with Crippen LogP contribution in [-0.4, -0.2) is 61.0 Å². The summed E-state index contributed by atoms with van der Waals surface area (Å²) in [5.41, 5.74) is 1.49. The summed E-state index contributed by atoms with van der Waals surface area (Å²) in [6.45, 7) is 6.00. The molecule has 5 heterocycles. The van der Waals surface area contributed by atoms with Crippen molar-refractivity contribution in [3.8, 4) is 0 Å². The lowest BCUT2D eigenvalue weighted by molar-refractivity contribution is -0.186. The van der Waals surface area contributed by atoms with E-state index in [0.717, 1.165) is 51.1 Å². The Morgan fingerprint density at radius 2 is 2.28 bits per heavy atom. The van der Waals surface area contributed by atoms with E-state index in [0.29, 0.717) is 23.8 Å². The van der Waals surface area contributed by atoms with Gasteiger partial charge in [-0.2, -0.15) is 0 Å². The van der Waals surface area contributed by atoms with Crippen LogP contribution < -0.4 is 0 Å². The van der Waals surface area contributed by atoms with Gasteiger partial charge in [-0.15, -0.1) is 16.4 Å². The van der Waals surface area contributed by atoms with Crippen LogP contribution in [0.5, 0.6) is 0 Å². The maximum absolute atomic E-state index is 10.2. The van der Waals surface area contributed by atoms with E-state index in [9.17, 15) is 5.11 Å². The fourth-order valence-corrected chi connectivity index (χ4v) is 6.96. The highest BCUT2D eigenvalue weighted by Gasteiger charge is 2.45. The molecular formula is C20H27IN4O3S. The van der Waals surface area contributed by atoms with Crippen molar-refractivity contribution in [2.75, 3.05) is 26.4 Å². The fourth-order valence-electron chi connectivity index (χ4n) is 4.59. The molecule has 9 heteroatoms. The van der Waals surface area contributed by atoms with Gasteiger partial charge < -0.3 is 14.6 Å². The van der Waals surface area contributed by atoms with Crippen LogP contribution in [0.3, 0.4) is 0 Å². The summed E-state index contributed by atoms with van der Waals surface area (Å²) in [5.74, 6) is 0. The van der Waals surface area contributed by atoms with Crippen LogP contribution in [0.15, 0.2) is 12.3 Å². The Morgan fingerprint density at radius 3 is 3.00 bits per heavy atom. The zero-order valence-corrected chi connectivity index (χ0v) is 19.6. The monoisotopic (exact) mass is 530 g/mol. The van der Waals surface area contributed by atoms with Gasteiger partial charge in [0.25, 0.3) is 0 Å². The van der Waals surface area contributed by atoms with Crippen LogP contribution >= 0.6 is 33.9 Å². The molecule has 3 aliphatic rings. The van der Waals surface area contributed by atoms with Crippen molar-refractivity contribution < 1.29 is 14.6 Å². The summed E-state index contributed by atoms with van der Waals surface area (Å²) in [7, 11) is 0. The van der Waals surface area contributed by atoms with Gasteiger partial charge in [-0.05, 0) is 24.5 Å². The summed E-state index contributed by atoms with van der Waals surface area (Å²) in [6, 6.07) is 2.40. The molecule has 0 saturated carbocycles. The number of halogens is 1. The lowest BCUT2D eigenvalue weighted by Gasteiger charge is -2.46. The minimum Gasteiger partial charge on any atom is -0.383 e. The highest BCUT2D eigenvalue weighted by molar-refractivity contribution is 14.1. The Bertz CT molecular complexity index is 883. The van der Waals surface area contributed by atoms with E-state index in [1.54, 1.807) is 4.68 Å². The molecule has 2 fully saturated rings. The molecule has 1 N–H and O–H groups in total. The largest absolute Gasteiger partial charge is 0.383 e. The summed E-state index contributed by atoms with van der Waals surface area (Å²) in [5, 5.41) is 18.8. The van der Waals surface area contributed by atoms with E-state index in [1.165, 1.54) is 15.3 Å². The molecular weight excluding hydrogens is 503 g/mol. The number of fused-ring (bicyclic) bond motifs is 2. The quantitative estimate of drug-likeness (QED) is 0.364. The second-order valence-electron chi connectivity index (χ2n) is 8.48. The topological polar surface area (TPSA) is 72.6 Å². The maximum atomic E-state index is 10.2. The van der Waals surface area contributed by atoms with Gasteiger partial charge in [0.05, 0.1) is 41.7 Å².